The highest BCUT2D eigenvalue weighted by Crippen LogP contribution is 2.05. The van der Waals surface area contributed by atoms with Gasteiger partial charge in [-0.3, -0.25) is 4.79 Å². The third-order valence-corrected chi connectivity index (χ3v) is 2.25. The number of nitrogens with one attached hydrogen (secondary N) is 2. The Morgan fingerprint density at radius 1 is 1.35 bits per heavy atom. The van der Waals surface area contributed by atoms with Crippen molar-refractivity contribution in [2.45, 2.75) is 13.5 Å². The van der Waals surface area contributed by atoms with Crippen LogP contribution in [0.15, 0.2) is 35.1 Å². The van der Waals surface area contributed by atoms with E-state index < -0.39 is 0 Å². The minimum Gasteiger partial charge on any atom is -0.366 e. The largest absolute Gasteiger partial charge is 0.366 e. The number of H-pyrrole nitrogens is 1. The van der Waals surface area contributed by atoms with E-state index in [0.29, 0.717) is 18.2 Å². The first-order valence-electron chi connectivity index (χ1n) is 5.20. The number of rotatable bonds is 3. The van der Waals surface area contributed by atoms with Crippen molar-refractivity contribution in [1.29, 1.82) is 0 Å². The molecule has 0 amide bonds. The van der Waals surface area contributed by atoms with Crippen molar-refractivity contribution in [2.75, 3.05) is 5.32 Å². The molecule has 0 atom stereocenters. The van der Waals surface area contributed by atoms with Gasteiger partial charge in [0, 0.05) is 12.6 Å². The number of hydrogen-bond donors (Lipinski definition) is 2. The molecule has 0 aliphatic heterocycles. The van der Waals surface area contributed by atoms with Crippen molar-refractivity contribution < 1.29 is 4.39 Å². The quantitative estimate of drug-likeness (QED) is 0.850. The lowest BCUT2D eigenvalue weighted by Gasteiger charge is -2.05. The minimum atomic E-state index is -0.265. The lowest BCUT2D eigenvalue weighted by atomic mass is 10.2. The van der Waals surface area contributed by atoms with Crippen LogP contribution in [0.3, 0.4) is 0 Å². The molecule has 0 aliphatic carbocycles. The number of aryl methyl sites for hydroxylation is 1. The van der Waals surface area contributed by atoms with E-state index >= 15 is 0 Å². The van der Waals surface area contributed by atoms with E-state index in [-0.39, 0.29) is 11.4 Å². The summed E-state index contributed by atoms with van der Waals surface area (Å²) in [5.41, 5.74) is 0.727. The highest BCUT2D eigenvalue weighted by Gasteiger charge is 1.98. The van der Waals surface area contributed by atoms with Gasteiger partial charge in [0.05, 0.1) is 0 Å². The van der Waals surface area contributed by atoms with Crippen LogP contribution in [-0.4, -0.2) is 9.97 Å². The Morgan fingerprint density at radius 2 is 2.06 bits per heavy atom. The van der Waals surface area contributed by atoms with Crippen LogP contribution in [0, 0.1) is 12.7 Å². The predicted octanol–water partition coefficient (Wildman–Crippen LogP) is 1.83. The summed E-state index contributed by atoms with van der Waals surface area (Å²) < 4.78 is 12.7. The van der Waals surface area contributed by atoms with Gasteiger partial charge in [-0.05, 0) is 24.6 Å². The molecule has 4 nitrogen and oxygen atoms in total. The number of anilines is 1. The van der Waals surface area contributed by atoms with E-state index in [1.54, 1.807) is 19.1 Å². The maximum Gasteiger partial charge on any atom is 0.252 e. The molecule has 1 aromatic heterocycles. The fraction of sp³-hybridized carbons (Fsp3) is 0.167. The number of aromatic amines is 1. The first-order valence-corrected chi connectivity index (χ1v) is 5.20. The molecule has 2 N–H and O–H groups in total. The van der Waals surface area contributed by atoms with Gasteiger partial charge in [-0.15, -0.1) is 0 Å². The number of aromatic nitrogens is 2. The highest BCUT2D eigenvalue weighted by atomic mass is 19.1. The van der Waals surface area contributed by atoms with Crippen molar-refractivity contribution in [2.24, 2.45) is 0 Å². The first-order chi connectivity index (χ1) is 8.13. The third kappa shape index (κ3) is 3.14. The monoisotopic (exact) mass is 233 g/mol. The summed E-state index contributed by atoms with van der Waals surface area (Å²) in [5, 5.41) is 3.01. The Kier molecular flexibility index (Phi) is 3.18. The first kappa shape index (κ1) is 11.3. The molecule has 1 heterocycles. The third-order valence-electron chi connectivity index (χ3n) is 2.25. The normalized spacial score (nSPS) is 10.2. The van der Waals surface area contributed by atoms with Crippen LogP contribution < -0.4 is 10.9 Å². The standard InChI is InChI=1S/C12H12FN3O/c1-8-15-11(6-12(17)16-8)14-7-9-2-4-10(13)5-3-9/h2-6H,7H2,1H3,(H2,14,15,16,17). The van der Waals surface area contributed by atoms with Gasteiger partial charge < -0.3 is 10.3 Å². The van der Waals surface area contributed by atoms with E-state index in [0.717, 1.165) is 5.56 Å². The summed E-state index contributed by atoms with van der Waals surface area (Å²) in [6, 6.07) is 7.54. The summed E-state index contributed by atoms with van der Waals surface area (Å²) in [6.45, 7) is 2.21. The molecule has 0 fully saturated rings. The molecule has 0 saturated carbocycles. The fourth-order valence-electron chi connectivity index (χ4n) is 1.46. The molecule has 2 rings (SSSR count). The summed E-state index contributed by atoms with van der Waals surface area (Å²) in [4.78, 5) is 17.9. The van der Waals surface area contributed by atoms with Crippen LogP contribution in [0.1, 0.15) is 11.4 Å². The van der Waals surface area contributed by atoms with E-state index in [4.69, 9.17) is 0 Å². The van der Waals surface area contributed by atoms with Gasteiger partial charge in [-0.1, -0.05) is 12.1 Å². The zero-order chi connectivity index (χ0) is 12.3. The minimum absolute atomic E-state index is 0.195. The second-order valence-electron chi connectivity index (χ2n) is 3.70. The molecule has 17 heavy (non-hydrogen) atoms. The molecular weight excluding hydrogens is 221 g/mol. The van der Waals surface area contributed by atoms with Crippen LogP contribution in [0.25, 0.3) is 0 Å². The van der Waals surface area contributed by atoms with E-state index in [1.807, 2.05) is 0 Å². The molecular formula is C12H12FN3O. The summed E-state index contributed by atoms with van der Waals surface area (Å²) >= 11 is 0. The van der Waals surface area contributed by atoms with Gasteiger partial charge in [-0.25, -0.2) is 9.37 Å². The average molecular weight is 233 g/mol. The molecule has 0 aliphatic rings. The van der Waals surface area contributed by atoms with Gasteiger partial charge in [0.2, 0.25) is 0 Å². The smallest absolute Gasteiger partial charge is 0.252 e. The molecule has 0 unspecified atom stereocenters. The summed E-state index contributed by atoms with van der Waals surface area (Å²) in [5.74, 6) is 0.800. The lowest BCUT2D eigenvalue weighted by Crippen LogP contribution is -2.11. The number of hydrogen-bond acceptors (Lipinski definition) is 3. The van der Waals surface area contributed by atoms with E-state index in [2.05, 4.69) is 15.3 Å². The Balaban J connectivity index is 2.07. The van der Waals surface area contributed by atoms with Gasteiger partial charge in [0.25, 0.3) is 5.56 Å². The molecule has 0 bridgehead atoms. The topological polar surface area (TPSA) is 57.8 Å². The molecule has 0 radical (unpaired) electrons. The molecule has 2 aromatic rings. The SMILES string of the molecule is Cc1nc(NCc2ccc(F)cc2)cc(=O)[nH]1. The molecule has 5 heteroatoms. The van der Waals surface area contributed by atoms with Crippen LogP contribution in [-0.2, 0) is 6.54 Å². The maximum absolute atomic E-state index is 12.7. The van der Waals surface area contributed by atoms with Crippen molar-refractivity contribution in [3.63, 3.8) is 0 Å². The summed E-state index contributed by atoms with van der Waals surface area (Å²) in [7, 11) is 0. The number of benzene rings is 1. The number of halogens is 1. The Hall–Kier alpha value is -2.17. The molecule has 88 valence electrons. The van der Waals surface area contributed by atoms with Crippen molar-refractivity contribution in [3.05, 3.63) is 57.9 Å². The predicted molar refractivity (Wildman–Crippen MR) is 63.3 cm³/mol. The van der Waals surface area contributed by atoms with Gasteiger partial charge in [-0.2, -0.15) is 0 Å². The van der Waals surface area contributed by atoms with E-state index in [9.17, 15) is 9.18 Å². The van der Waals surface area contributed by atoms with Crippen LogP contribution in [0.2, 0.25) is 0 Å². The van der Waals surface area contributed by atoms with Crippen molar-refractivity contribution in [1.82, 2.24) is 9.97 Å². The lowest BCUT2D eigenvalue weighted by molar-refractivity contribution is 0.627. The maximum atomic E-state index is 12.7. The van der Waals surface area contributed by atoms with Crippen molar-refractivity contribution in [3.8, 4) is 0 Å². The molecule has 0 saturated heterocycles. The van der Waals surface area contributed by atoms with Crippen molar-refractivity contribution >= 4 is 5.82 Å². The second-order valence-corrected chi connectivity index (χ2v) is 3.70. The molecule has 1 aromatic carbocycles. The van der Waals surface area contributed by atoms with Crippen LogP contribution in [0.4, 0.5) is 10.2 Å². The zero-order valence-corrected chi connectivity index (χ0v) is 9.33. The Labute approximate surface area is 97.5 Å². The van der Waals surface area contributed by atoms with Gasteiger partial charge >= 0.3 is 0 Å². The van der Waals surface area contributed by atoms with Gasteiger partial charge in [0.1, 0.15) is 17.5 Å². The fourth-order valence-corrected chi connectivity index (χ4v) is 1.46. The Morgan fingerprint density at radius 3 is 2.71 bits per heavy atom. The Bertz CT molecular complexity index is 563. The van der Waals surface area contributed by atoms with E-state index in [1.165, 1.54) is 18.2 Å². The average Bonchev–Trinajstić information content (AvgIpc) is 2.27. The highest BCUT2D eigenvalue weighted by molar-refractivity contribution is 5.34. The summed E-state index contributed by atoms with van der Waals surface area (Å²) in [6.07, 6.45) is 0. The van der Waals surface area contributed by atoms with Gasteiger partial charge in [0.15, 0.2) is 0 Å². The van der Waals surface area contributed by atoms with Crippen LogP contribution >= 0.6 is 0 Å². The second kappa shape index (κ2) is 4.78. The number of nitrogens with zero attached hydrogens (tertiary/aromatic N) is 1. The van der Waals surface area contributed by atoms with Crippen LogP contribution in [0.5, 0.6) is 0 Å². The zero-order valence-electron chi connectivity index (χ0n) is 9.33. The molecule has 0 spiro atoms.